The lowest BCUT2D eigenvalue weighted by Gasteiger charge is -2.29. The van der Waals surface area contributed by atoms with E-state index < -0.39 is 0 Å². The highest BCUT2D eigenvalue weighted by Crippen LogP contribution is 2.39. The Bertz CT molecular complexity index is 1130. The Kier molecular flexibility index (Phi) is 9.58. The lowest BCUT2D eigenvalue weighted by molar-refractivity contribution is 0.315. The minimum Gasteiger partial charge on any atom is -0.493 e. The molecular formula is C28H41N5O3. The highest BCUT2D eigenvalue weighted by molar-refractivity contribution is 5.90. The number of para-hydroxylation sites is 1. The van der Waals surface area contributed by atoms with Gasteiger partial charge < -0.3 is 29.7 Å². The second kappa shape index (κ2) is 12.6. The summed E-state index contributed by atoms with van der Waals surface area (Å²) in [6.45, 7) is 1.70. The molecule has 1 heterocycles. The number of rotatable bonds is 10. The summed E-state index contributed by atoms with van der Waals surface area (Å²) >= 11 is 0. The van der Waals surface area contributed by atoms with E-state index in [2.05, 4.69) is 16.7 Å². The van der Waals surface area contributed by atoms with Crippen molar-refractivity contribution in [1.29, 1.82) is 0 Å². The molecule has 36 heavy (non-hydrogen) atoms. The summed E-state index contributed by atoms with van der Waals surface area (Å²) in [5.74, 6) is 4.34. The first-order chi connectivity index (χ1) is 17.0. The van der Waals surface area contributed by atoms with E-state index in [-0.39, 0.29) is 7.43 Å². The zero-order valence-electron chi connectivity index (χ0n) is 21.4. The lowest BCUT2D eigenvalue weighted by atomic mass is 9.86. The Morgan fingerprint density at radius 1 is 0.889 bits per heavy atom. The standard InChI is InChI=1S/C27H37N5O3.CH4/c1-32(2)26-21-8-6-7-9-22(21)30-27(31-26)29-20-13-10-18(11-14-20)16-28-17-19-12-15-23(33-3)25(35-5)24(19)34-4;/h6-9,12,15,18,20,28H,10-11,13-14,16-17H2,1-5H3,(H,29,30,31);1H4. The van der Waals surface area contributed by atoms with Gasteiger partial charge in [-0.1, -0.05) is 25.6 Å². The minimum atomic E-state index is 0. The van der Waals surface area contributed by atoms with Crippen LogP contribution in [0.5, 0.6) is 17.2 Å². The predicted octanol–water partition coefficient (Wildman–Crippen LogP) is 5.12. The third-order valence-electron chi connectivity index (χ3n) is 6.72. The van der Waals surface area contributed by atoms with Gasteiger partial charge in [-0.2, -0.15) is 4.98 Å². The summed E-state index contributed by atoms with van der Waals surface area (Å²) in [6, 6.07) is 12.5. The summed E-state index contributed by atoms with van der Waals surface area (Å²) < 4.78 is 16.5. The van der Waals surface area contributed by atoms with Crippen molar-refractivity contribution in [1.82, 2.24) is 15.3 Å². The number of nitrogens with zero attached hydrogens (tertiary/aromatic N) is 3. The third kappa shape index (κ3) is 6.10. The molecule has 2 N–H and O–H groups in total. The molecule has 1 fully saturated rings. The lowest BCUT2D eigenvalue weighted by Crippen LogP contribution is -2.31. The molecule has 8 nitrogen and oxygen atoms in total. The summed E-state index contributed by atoms with van der Waals surface area (Å²) in [7, 11) is 8.97. The van der Waals surface area contributed by atoms with Crippen LogP contribution in [0.1, 0.15) is 38.7 Å². The zero-order chi connectivity index (χ0) is 24.8. The molecule has 0 radical (unpaired) electrons. The smallest absolute Gasteiger partial charge is 0.225 e. The minimum absolute atomic E-state index is 0. The number of nitrogens with one attached hydrogen (secondary N) is 2. The molecule has 0 saturated heterocycles. The first-order valence-electron chi connectivity index (χ1n) is 12.2. The molecule has 2 aromatic carbocycles. The fourth-order valence-electron chi connectivity index (χ4n) is 4.87. The van der Waals surface area contributed by atoms with Gasteiger partial charge in [0.05, 0.1) is 26.8 Å². The number of hydrogen-bond acceptors (Lipinski definition) is 8. The van der Waals surface area contributed by atoms with E-state index in [1.54, 1.807) is 21.3 Å². The van der Waals surface area contributed by atoms with Gasteiger partial charge in [-0.3, -0.25) is 0 Å². The Morgan fingerprint density at radius 2 is 1.61 bits per heavy atom. The van der Waals surface area contributed by atoms with E-state index >= 15 is 0 Å². The van der Waals surface area contributed by atoms with Crippen molar-refractivity contribution in [2.24, 2.45) is 5.92 Å². The van der Waals surface area contributed by atoms with E-state index in [1.165, 1.54) is 12.8 Å². The van der Waals surface area contributed by atoms with Crippen molar-refractivity contribution in [2.45, 2.75) is 45.7 Å². The van der Waals surface area contributed by atoms with Crippen LogP contribution >= 0.6 is 0 Å². The highest BCUT2D eigenvalue weighted by atomic mass is 16.5. The Morgan fingerprint density at radius 3 is 2.28 bits per heavy atom. The average Bonchev–Trinajstić information content (AvgIpc) is 2.88. The van der Waals surface area contributed by atoms with Gasteiger partial charge in [0.25, 0.3) is 0 Å². The number of methoxy groups -OCH3 is 3. The quantitative estimate of drug-likeness (QED) is 0.401. The molecule has 0 atom stereocenters. The number of anilines is 2. The van der Waals surface area contributed by atoms with Crippen LogP contribution in [-0.4, -0.2) is 58.0 Å². The molecule has 196 valence electrons. The van der Waals surface area contributed by atoms with E-state index in [0.29, 0.717) is 23.5 Å². The molecule has 4 rings (SSSR count). The molecule has 0 aliphatic heterocycles. The van der Waals surface area contributed by atoms with Gasteiger partial charge in [-0.25, -0.2) is 4.98 Å². The van der Waals surface area contributed by atoms with Gasteiger partial charge in [0, 0.05) is 37.6 Å². The van der Waals surface area contributed by atoms with Crippen molar-refractivity contribution in [2.75, 3.05) is 52.2 Å². The van der Waals surface area contributed by atoms with Crippen LogP contribution in [0.2, 0.25) is 0 Å². The number of aromatic nitrogens is 2. The van der Waals surface area contributed by atoms with Crippen LogP contribution in [-0.2, 0) is 6.54 Å². The van der Waals surface area contributed by atoms with Crippen molar-refractivity contribution in [3.8, 4) is 17.2 Å². The second-order valence-corrected chi connectivity index (χ2v) is 9.27. The Hall–Kier alpha value is -3.26. The van der Waals surface area contributed by atoms with E-state index in [4.69, 9.17) is 24.2 Å². The zero-order valence-corrected chi connectivity index (χ0v) is 21.4. The third-order valence-corrected chi connectivity index (χ3v) is 6.72. The normalized spacial score (nSPS) is 17.2. The number of benzene rings is 2. The summed E-state index contributed by atoms with van der Waals surface area (Å²) in [6.07, 6.45) is 4.56. The van der Waals surface area contributed by atoms with Crippen molar-refractivity contribution in [3.63, 3.8) is 0 Å². The van der Waals surface area contributed by atoms with Crippen molar-refractivity contribution >= 4 is 22.7 Å². The first-order valence-corrected chi connectivity index (χ1v) is 12.2. The van der Waals surface area contributed by atoms with Gasteiger partial charge in [-0.15, -0.1) is 0 Å². The SMILES string of the molecule is C.COc1ccc(CNCC2CCC(Nc3nc(N(C)C)c4ccccc4n3)CC2)c(OC)c1OC. The van der Waals surface area contributed by atoms with Gasteiger partial charge in [0.15, 0.2) is 11.5 Å². The largest absolute Gasteiger partial charge is 0.493 e. The summed E-state index contributed by atoms with van der Waals surface area (Å²) in [4.78, 5) is 11.6. The van der Waals surface area contributed by atoms with Crippen LogP contribution < -0.4 is 29.7 Å². The van der Waals surface area contributed by atoms with Crippen LogP contribution in [0.25, 0.3) is 10.9 Å². The van der Waals surface area contributed by atoms with Crippen LogP contribution in [0, 0.1) is 5.92 Å². The Labute approximate surface area is 215 Å². The van der Waals surface area contributed by atoms with Crippen molar-refractivity contribution < 1.29 is 14.2 Å². The fraction of sp³-hybridized carbons (Fsp3) is 0.500. The molecule has 0 amide bonds. The highest BCUT2D eigenvalue weighted by Gasteiger charge is 2.23. The number of ether oxygens (including phenoxy) is 3. The summed E-state index contributed by atoms with van der Waals surface area (Å²) in [5.41, 5.74) is 2.03. The van der Waals surface area contributed by atoms with E-state index in [9.17, 15) is 0 Å². The number of hydrogen-bond donors (Lipinski definition) is 2. The van der Waals surface area contributed by atoms with Gasteiger partial charge in [-0.05, 0) is 56.3 Å². The maximum Gasteiger partial charge on any atom is 0.225 e. The monoisotopic (exact) mass is 495 g/mol. The Balaban J connectivity index is 0.00000361. The second-order valence-electron chi connectivity index (χ2n) is 9.27. The molecule has 1 aromatic heterocycles. The van der Waals surface area contributed by atoms with Crippen molar-refractivity contribution in [3.05, 3.63) is 42.0 Å². The maximum absolute atomic E-state index is 5.60. The summed E-state index contributed by atoms with van der Waals surface area (Å²) in [5, 5.41) is 8.28. The maximum atomic E-state index is 5.60. The van der Waals surface area contributed by atoms with Gasteiger partial charge in [0.1, 0.15) is 5.82 Å². The topological polar surface area (TPSA) is 80.8 Å². The molecule has 3 aromatic rings. The molecule has 0 unspecified atom stereocenters. The predicted molar refractivity (Wildman–Crippen MR) is 148 cm³/mol. The molecule has 1 aliphatic carbocycles. The first kappa shape index (κ1) is 27.3. The van der Waals surface area contributed by atoms with Crippen LogP contribution in [0.15, 0.2) is 36.4 Å². The van der Waals surface area contributed by atoms with Gasteiger partial charge >= 0.3 is 0 Å². The molecule has 1 saturated carbocycles. The molecule has 0 spiro atoms. The fourth-order valence-corrected chi connectivity index (χ4v) is 4.87. The molecule has 1 aliphatic rings. The van der Waals surface area contributed by atoms with Crippen LogP contribution in [0.3, 0.4) is 0 Å². The average molecular weight is 496 g/mol. The van der Waals surface area contributed by atoms with Gasteiger partial charge in [0.2, 0.25) is 11.7 Å². The molecular weight excluding hydrogens is 454 g/mol. The molecule has 0 bridgehead atoms. The molecule has 8 heteroatoms. The van der Waals surface area contributed by atoms with E-state index in [1.807, 2.05) is 49.3 Å². The van der Waals surface area contributed by atoms with Crippen LogP contribution in [0.4, 0.5) is 11.8 Å². The van der Waals surface area contributed by atoms with E-state index in [0.717, 1.165) is 59.9 Å². The number of fused-ring (bicyclic) bond motifs is 1.